The van der Waals surface area contributed by atoms with Gasteiger partial charge in [-0.3, -0.25) is 4.68 Å². The van der Waals surface area contributed by atoms with E-state index in [1.165, 1.54) is 18.5 Å². The van der Waals surface area contributed by atoms with E-state index in [1.807, 2.05) is 17.9 Å². The van der Waals surface area contributed by atoms with Gasteiger partial charge in [0.25, 0.3) is 0 Å². The Morgan fingerprint density at radius 2 is 2.47 bits per heavy atom. The molecule has 1 N–H and O–H groups in total. The van der Waals surface area contributed by atoms with Crippen molar-refractivity contribution in [3.63, 3.8) is 0 Å². The zero-order chi connectivity index (χ0) is 11.7. The number of hydrogen-bond donors (Lipinski definition) is 1. The minimum absolute atomic E-state index is 0.275. The molecule has 0 aromatic carbocycles. The van der Waals surface area contributed by atoms with Gasteiger partial charge in [-0.1, -0.05) is 0 Å². The summed E-state index contributed by atoms with van der Waals surface area (Å²) in [5.41, 5.74) is 1.47. The van der Waals surface area contributed by atoms with E-state index in [-0.39, 0.29) is 5.41 Å². The zero-order valence-corrected chi connectivity index (χ0v) is 10.5. The summed E-state index contributed by atoms with van der Waals surface area (Å²) in [6, 6.07) is 2.90. The van der Waals surface area contributed by atoms with Crippen molar-refractivity contribution in [2.24, 2.45) is 12.5 Å². The fourth-order valence-electron chi connectivity index (χ4n) is 2.58. The van der Waals surface area contributed by atoms with Crippen molar-refractivity contribution >= 4 is 0 Å². The third kappa shape index (κ3) is 2.69. The van der Waals surface area contributed by atoms with Crippen LogP contribution in [0.25, 0.3) is 0 Å². The molecular weight excluding hydrogens is 214 g/mol. The van der Waals surface area contributed by atoms with Crippen LogP contribution in [-0.2, 0) is 18.2 Å². The summed E-state index contributed by atoms with van der Waals surface area (Å²) in [5, 5.41) is 8.15. The number of aryl methyl sites for hydroxylation is 1. The van der Waals surface area contributed by atoms with Gasteiger partial charge >= 0.3 is 0 Å². The molecule has 94 valence electrons. The van der Waals surface area contributed by atoms with E-state index < -0.39 is 0 Å². The van der Waals surface area contributed by atoms with Gasteiger partial charge in [0.05, 0.1) is 12.3 Å². The molecular formula is C13H21N3O. The molecule has 1 atom stereocenters. The van der Waals surface area contributed by atoms with Gasteiger partial charge in [-0.05, 0) is 25.3 Å². The molecule has 0 amide bonds. The summed E-state index contributed by atoms with van der Waals surface area (Å²) in [6.45, 7) is 2.86. The van der Waals surface area contributed by atoms with E-state index >= 15 is 0 Å². The number of rotatable bonds is 5. The van der Waals surface area contributed by atoms with Gasteiger partial charge in [0.15, 0.2) is 0 Å². The highest BCUT2D eigenvalue weighted by Gasteiger charge is 2.37. The number of nitrogens with one attached hydrogen (secondary N) is 1. The van der Waals surface area contributed by atoms with Gasteiger partial charge in [0.1, 0.15) is 0 Å². The zero-order valence-electron chi connectivity index (χ0n) is 10.5. The average molecular weight is 235 g/mol. The molecule has 4 heteroatoms. The number of aromatic nitrogens is 2. The molecule has 2 heterocycles. The predicted octanol–water partition coefficient (Wildman–Crippen LogP) is 1.12. The van der Waals surface area contributed by atoms with Crippen molar-refractivity contribution in [1.29, 1.82) is 0 Å². The topological polar surface area (TPSA) is 39.1 Å². The molecule has 1 aliphatic heterocycles. The van der Waals surface area contributed by atoms with Crippen LogP contribution in [0.2, 0.25) is 0 Å². The lowest BCUT2D eigenvalue weighted by Crippen LogP contribution is -2.37. The summed E-state index contributed by atoms with van der Waals surface area (Å²) in [7, 11) is 1.98. The van der Waals surface area contributed by atoms with Crippen LogP contribution >= 0.6 is 0 Å². The van der Waals surface area contributed by atoms with Crippen LogP contribution in [-0.4, -0.2) is 35.6 Å². The van der Waals surface area contributed by atoms with E-state index in [0.717, 1.165) is 38.6 Å². The molecule has 4 nitrogen and oxygen atoms in total. The molecule has 0 radical (unpaired) electrons. The van der Waals surface area contributed by atoms with Gasteiger partial charge < -0.3 is 10.1 Å². The van der Waals surface area contributed by atoms with Gasteiger partial charge in [-0.15, -0.1) is 0 Å². The molecule has 3 rings (SSSR count). The molecule has 1 aromatic rings. The van der Waals surface area contributed by atoms with Crippen molar-refractivity contribution in [3.05, 3.63) is 18.0 Å². The second-order valence-electron chi connectivity index (χ2n) is 5.62. The first-order valence-corrected chi connectivity index (χ1v) is 6.55. The first kappa shape index (κ1) is 11.2. The maximum absolute atomic E-state index is 5.62. The molecule has 0 spiro atoms. The van der Waals surface area contributed by atoms with Gasteiger partial charge in [0, 0.05) is 44.3 Å². The Kier molecular flexibility index (Phi) is 2.92. The lowest BCUT2D eigenvalue weighted by Gasteiger charge is -2.27. The van der Waals surface area contributed by atoms with Crippen LogP contribution in [0.3, 0.4) is 0 Å². The first-order chi connectivity index (χ1) is 8.26. The minimum atomic E-state index is 0.275. The standard InChI is InChI=1S/C13H21N3O/c1-16-6-4-12(15-16)8-13(5-7-17-10-13)9-14-11-2-3-11/h4,6,11,14H,2-3,5,7-10H2,1H3. The molecule has 1 unspecified atom stereocenters. The van der Waals surface area contributed by atoms with E-state index in [2.05, 4.69) is 16.5 Å². The SMILES string of the molecule is Cn1ccc(CC2(CNC3CC3)CCOC2)n1. The second kappa shape index (κ2) is 4.42. The van der Waals surface area contributed by atoms with Crippen LogP contribution in [0.5, 0.6) is 0 Å². The van der Waals surface area contributed by atoms with Gasteiger partial charge in [0.2, 0.25) is 0 Å². The monoisotopic (exact) mass is 235 g/mol. The minimum Gasteiger partial charge on any atom is -0.381 e. The fourth-order valence-corrected chi connectivity index (χ4v) is 2.58. The lowest BCUT2D eigenvalue weighted by atomic mass is 9.82. The number of nitrogens with zero attached hydrogens (tertiary/aromatic N) is 2. The number of hydrogen-bond acceptors (Lipinski definition) is 3. The summed E-state index contributed by atoms with van der Waals surface area (Å²) in [6.07, 6.45) is 6.91. The van der Waals surface area contributed by atoms with Crippen LogP contribution in [0, 0.1) is 5.41 Å². The molecule has 1 aromatic heterocycles. The Balaban J connectivity index is 1.65. The lowest BCUT2D eigenvalue weighted by molar-refractivity contribution is 0.148. The Morgan fingerprint density at radius 3 is 3.06 bits per heavy atom. The largest absolute Gasteiger partial charge is 0.381 e. The molecule has 1 saturated heterocycles. The molecule has 0 bridgehead atoms. The summed E-state index contributed by atoms with van der Waals surface area (Å²) in [5.74, 6) is 0. The van der Waals surface area contributed by atoms with E-state index in [4.69, 9.17) is 4.74 Å². The van der Waals surface area contributed by atoms with Gasteiger partial charge in [-0.2, -0.15) is 5.10 Å². The smallest absolute Gasteiger partial charge is 0.0631 e. The van der Waals surface area contributed by atoms with Gasteiger partial charge in [-0.25, -0.2) is 0 Å². The predicted molar refractivity (Wildman–Crippen MR) is 65.8 cm³/mol. The summed E-state index contributed by atoms with van der Waals surface area (Å²) >= 11 is 0. The third-order valence-electron chi connectivity index (χ3n) is 3.85. The second-order valence-corrected chi connectivity index (χ2v) is 5.62. The maximum atomic E-state index is 5.62. The Labute approximate surface area is 102 Å². The Morgan fingerprint density at radius 1 is 1.59 bits per heavy atom. The molecule has 17 heavy (non-hydrogen) atoms. The third-order valence-corrected chi connectivity index (χ3v) is 3.85. The van der Waals surface area contributed by atoms with E-state index in [0.29, 0.717) is 0 Å². The number of ether oxygens (including phenoxy) is 1. The Bertz CT molecular complexity index is 378. The highest BCUT2D eigenvalue weighted by atomic mass is 16.5. The maximum Gasteiger partial charge on any atom is 0.0631 e. The average Bonchev–Trinajstić information content (AvgIpc) is 2.90. The van der Waals surface area contributed by atoms with Crippen LogP contribution in [0.15, 0.2) is 12.3 Å². The highest BCUT2D eigenvalue weighted by Crippen LogP contribution is 2.33. The molecule has 1 aliphatic carbocycles. The van der Waals surface area contributed by atoms with Crippen LogP contribution in [0.1, 0.15) is 25.0 Å². The van der Waals surface area contributed by atoms with Crippen molar-refractivity contribution in [3.8, 4) is 0 Å². The molecule has 2 aliphatic rings. The van der Waals surface area contributed by atoms with Crippen molar-refractivity contribution in [2.75, 3.05) is 19.8 Å². The highest BCUT2D eigenvalue weighted by molar-refractivity contribution is 5.05. The summed E-state index contributed by atoms with van der Waals surface area (Å²) in [4.78, 5) is 0. The fraction of sp³-hybridized carbons (Fsp3) is 0.769. The first-order valence-electron chi connectivity index (χ1n) is 6.55. The quantitative estimate of drug-likeness (QED) is 0.831. The van der Waals surface area contributed by atoms with E-state index in [9.17, 15) is 0 Å². The van der Waals surface area contributed by atoms with E-state index in [1.54, 1.807) is 0 Å². The normalized spacial score (nSPS) is 28.8. The summed E-state index contributed by atoms with van der Waals surface area (Å²) < 4.78 is 7.50. The Hall–Kier alpha value is -0.870. The van der Waals surface area contributed by atoms with Crippen molar-refractivity contribution in [1.82, 2.24) is 15.1 Å². The van der Waals surface area contributed by atoms with Crippen molar-refractivity contribution < 1.29 is 4.74 Å². The van der Waals surface area contributed by atoms with Crippen LogP contribution < -0.4 is 5.32 Å². The molecule has 2 fully saturated rings. The molecule has 1 saturated carbocycles. The van der Waals surface area contributed by atoms with Crippen LogP contribution in [0.4, 0.5) is 0 Å². The van der Waals surface area contributed by atoms with Crippen molar-refractivity contribution in [2.45, 2.75) is 31.7 Å².